The molecule has 0 saturated heterocycles. The van der Waals surface area contributed by atoms with E-state index in [1.54, 1.807) is 43.3 Å². The Morgan fingerprint density at radius 2 is 1.16 bits per heavy atom. The zero-order chi connectivity index (χ0) is 31.6. The number of hydrogen-bond acceptors (Lipinski definition) is 10. The van der Waals surface area contributed by atoms with Crippen molar-refractivity contribution in [2.75, 3.05) is 26.4 Å². The van der Waals surface area contributed by atoms with Crippen molar-refractivity contribution in [3.05, 3.63) is 53.6 Å². The Bertz CT molecular complexity index is 1170. The normalized spacial score (nSPS) is 12.0. The van der Waals surface area contributed by atoms with Gasteiger partial charge >= 0.3 is 24.1 Å². The highest BCUT2D eigenvalue weighted by molar-refractivity contribution is 5.91. The Kier molecular flexibility index (Phi) is 15.7. The molecule has 43 heavy (non-hydrogen) atoms. The van der Waals surface area contributed by atoms with Crippen molar-refractivity contribution in [2.45, 2.75) is 73.1 Å². The Morgan fingerprint density at radius 3 is 1.70 bits per heavy atom. The van der Waals surface area contributed by atoms with Gasteiger partial charge in [0.05, 0.1) is 43.8 Å². The summed E-state index contributed by atoms with van der Waals surface area (Å²) in [5.41, 5.74) is 0.943. The van der Waals surface area contributed by atoms with Gasteiger partial charge in [0.1, 0.15) is 17.2 Å². The first-order valence-corrected chi connectivity index (χ1v) is 14.9. The standard InChI is InChI=1S/C33H44O10/c1-6-23(3)30(34)39-19-9-8-18-38-27-14-12-26(13-15-27)32(36)43-29-17-16-28(22-25(29)5)42-33(37)41-21-11-10-20-40-31(35)24(4)7-2/h12-17,22-24H,6-11,18-21H2,1-5H3. The summed E-state index contributed by atoms with van der Waals surface area (Å²) in [6.45, 7) is 10.5. The minimum atomic E-state index is -0.854. The second kappa shape index (κ2) is 19.2. The molecule has 0 aliphatic carbocycles. The molecule has 0 bridgehead atoms. The summed E-state index contributed by atoms with van der Waals surface area (Å²) in [5.74, 6) is 0.0378. The van der Waals surface area contributed by atoms with Crippen molar-refractivity contribution >= 4 is 24.1 Å². The fraction of sp³-hybridized carbons (Fsp3) is 0.515. The first kappa shape index (κ1) is 35.1. The number of rotatable bonds is 18. The third-order valence-electron chi connectivity index (χ3n) is 6.72. The van der Waals surface area contributed by atoms with Crippen LogP contribution in [-0.2, 0) is 23.8 Å². The average molecular weight is 601 g/mol. The van der Waals surface area contributed by atoms with Crippen LogP contribution in [-0.4, -0.2) is 50.5 Å². The van der Waals surface area contributed by atoms with Crippen molar-refractivity contribution < 1.29 is 47.6 Å². The summed E-state index contributed by atoms with van der Waals surface area (Å²) in [5, 5.41) is 0. The van der Waals surface area contributed by atoms with Crippen LogP contribution >= 0.6 is 0 Å². The molecule has 236 valence electrons. The third-order valence-corrected chi connectivity index (χ3v) is 6.72. The van der Waals surface area contributed by atoms with Crippen molar-refractivity contribution in [2.24, 2.45) is 11.8 Å². The van der Waals surface area contributed by atoms with Gasteiger partial charge in [0, 0.05) is 0 Å². The van der Waals surface area contributed by atoms with Gasteiger partial charge in [0.25, 0.3) is 0 Å². The number of carbonyl (C=O) groups excluding carboxylic acids is 4. The number of carbonyl (C=O) groups is 4. The summed E-state index contributed by atoms with van der Waals surface area (Å²) < 4.78 is 31.9. The van der Waals surface area contributed by atoms with E-state index in [-0.39, 0.29) is 42.7 Å². The van der Waals surface area contributed by atoms with Gasteiger partial charge in [-0.15, -0.1) is 0 Å². The molecule has 0 spiro atoms. The van der Waals surface area contributed by atoms with E-state index >= 15 is 0 Å². The minimum absolute atomic E-state index is 0.0862. The molecule has 10 heteroatoms. The van der Waals surface area contributed by atoms with Gasteiger partial charge in [-0.25, -0.2) is 9.59 Å². The third kappa shape index (κ3) is 13.2. The van der Waals surface area contributed by atoms with Crippen LogP contribution in [0.5, 0.6) is 17.2 Å². The quantitative estimate of drug-likeness (QED) is 0.0590. The van der Waals surface area contributed by atoms with Gasteiger partial charge in [-0.1, -0.05) is 27.7 Å². The van der Waals surface area contributed by atoms with Gasteiger partial charge in [-0.2, -0.15) is 0 Å². The first-order chi connectivity index (χ1) is 20.6. The summed E-state index contributed by atoms with van der Waals surface area (Å²) in [6.07, 6.45) is 3.16. The number of hydrogen-bond donors (Lipinski definition) is 0. The summed E-state index contributed by atoms with van der Waals surface area (Å²) in [7, 11) is 0. The predicted molar refractivity (Wildman–Crippen MR) is 159 cm³/mol. The van der Waals surface area contributed by atoms with E-state index in [0.717, 1.165) is 19.3 Å². The maximum Gasteiger partial charge on any atom is 0.513 e. The van der Waals surface area contributed by atoms with E-state index in [1.807, 2.05) is 27.7 Å². The molecule has 0 aliphatic heterocycles. The highest BCUT2D eigenvalue weighted by Gasteiger charge is 2.14. The SMILES string of the molecule is CCC(C)C(=O)OCCCCOC(=O)Oc1ccc(OC(=O)c2ccc(OCCCCOC(=O)C(C)CC)cc2)c(C)c1. The fourth-order valence-electron chi connectivity index (χ4n) is 3.49. The monoisotopic (exact) mass is 600 g/mol. The lowest BCUT2D eigenvalue weighted by atomic mass is 10.1. The second-order valence-electron chi connectivity index (χ2n) is 10.3. The van der Waals surface area contributed by atoms with Crippen molar-refractivity contribution in [1.29, 1.82) is 0 Å². The molecule has 2 aromatic carbocycles. The van der Waals surface area contributed by atoms with Crippen LogP contribution in [0.4, 0.5) is 4.79 Å². The van der Waals surface area contributed by atoms with E-state index in [0.29, 0.717) is 55.1 Å². The first-order valence-electron chi connectivity index (χ1n) is 14.9. The number of ether oxygens (including phenoxy) is 6. The molecule has 2 unspecified atom stereocenters. The van der Waals surface area contributed by atoms with Gasteiger partial charge < -0.3 is 28.4 Å². The second-order valence-corrected chi connectivity index (χ2v) is 10.3. The summed E-state index contributed by atoms with van der Waals surface area (Å²) in [4.78, 5) is 47.9. The smallest absolute Gasteiger partial charge is 0.494 e. The topological polar surface area (TPSA) is 124 Å². The highest BCUT2D eigenvalue weighted by atomic mass is 16.7. The number of esters is 3. The van der Waals surface area contributed by atoms with Gasteiger partial charge in [-0.05, 0) is 93.5 Å². The van der Waals surface area contributed by atoms with Crippen LogP contribution in [0.3, 0.4) is 0 Å². The minimum Gasteiger partial charge on any atom is -0.494 e. The van der Waals surface area contributed by atoms with E-state index in [2.05, 4.69) is 0 Å². The summed E-state index contributed by atoms with van der Waals surface area (Å²) in [6, 6.07) is 11.2. The maximum atomic E-state index is 12.6. The van der Waals surface area contributed by atoms with Gasteiger partial charge in [-0.3, -0.25) is 9.59 Å². The highest BCUT2D eigenvalue weighted by Crippen LogP contribution is 2.25. The number of aryl methyl sites for hydroxylation is 1. The van der Waals surface area contributed by atoms with E-state index in [9.17, 15) is 19.2 Å². The Balaban J connectivity index is 1.69. The Labute approximate surface area is 253 Å². The maximum absolute atomic E-state index is 12.6. The van der Waals surface area contributed by atoms with Crippen molar-refractivity contribution in [1.82, 2.24) is 0 Å². The Hall–Kier alpha value is -4.08. The lowest BCUT2D eigenvalue weighted by molar-refractivity contribution is -0.149. The van der Waals surface area contributed by atoms with E-state index in [4.69, 9.17) is 28.4 Å². The van der Waals surface area contributed by atoms with Crippen LogP contribution < -0.4 is 14.2 Å². The van der Waals surface area contributed by atoms with Crippen LogP contribution in [0.2, 0.25) is 0 Å². The predicted octanol–water partition coefficient (Wildman–Crippen LogP) is 6.85. The van der Waals surface area contributed by atoms with Crippen molar-refractivity contribution in [3.63, 3.8) is 0 Å². The average Bonchev–Trinajstić information content (AvgIpc) is 3.00. The summed E-state index contributed by atoms with van der Waals surface area (Å²) >= 11 is 0. The molecule has 0 aromatic heterocycles. The molecule has 2 rings (SSSR count). The lowest BCUT2D eigenvalue weighted by Crippen LogP contribution is -2.15. The molecule has 0 heterocycles. The van der Waals surface area contributed by atoms with Gasteiger partial charge in [0.15, 0.2) is 0 Å². The van der Waals surface area contributed by atoms with Crippen LogP contribution in [0.25, 0.3) is 0 Å². The molecule has 0 N–H and O–H groups in total. The van der Waals surface area contributed by atoms with E-state index in [1.165, 1.54) is 6.07 Å². The lowest BCUT2D eigenvalue weighted by Gasteiger charge is -2.11. The zero-order valence-electron chi connectivity index (χ0n) is 25.8. The molecule has 0 radical (unpaired) electrons. The molecule has 2 atom stereocenters. The molecule has 10 nitrogen and oxygen atoms in total. The number of unbranched alkanes of at least 4 members (excludes halogenated alkanes) is 2. The van der Waals surface area contributed by atoms with Gasteiger partial charge in [0.2, 0.25) is 0 Å². The molecule has 0 saturated carbocycles. The largest absolute Gasteiger partial charge is 0.513 e. The number of benzene rings is 2. The molecular weight excluding hydrogens is 556 g/mol. The fourth-order valence-corrected chi connectivity index (χ4v) is 3.49. The van der Waals surface area contributed by atoms with Crippen LogP contribution in [0.1, 0.15) is 82.1 Å². The van der Waals surface area contributed by atoms with Crippen LogP contribution in [0.15, 0.2) is 42.5 Å². The molecule has 0 amide bonds. The molecule has 2 aromatic rings. The van der Waals surface area contributed by atoms with E-state index < -0.39 is 12.1 Å². The zero-order valence-corrected chi connectivity index (χ0v) is 25.8. The molecule has 0 aliphatic rings. The Morgan fingerprint density at radius 1 is 0.651 bits per heavy atom. The van der Waals surface area contributed by atoms with Crippen molar-refractivity contribution in [3.8, 4) is 17.2 Å². The molecular formula is C33H44O10. The van der Waals surface area contributed by atoms with Crippen LogP contribution in [0, 0.1) is 18.8 Å². The molecule has 0 fully saturated rings.